The predicted molar refractivity (Wildman–Crippen MR) is 143 cm³/mol. The van der Waals surface area contributed by atoms with E-state index in [1.807, 2.05) is 49.1 Å². The largest absolute Gasteiger partial charge is 0.345 e. The Morgan fingerprint density at radius 1 is 1.03 bits per heavy atom. The van der Waals surface area contributed by atoms with Gasteiger partial charge in [-0.25, -0.2) is 0 Å². The topological polar surface area (TPSA) is 45.6 Å². The Bertz CT molecular complexity index is 962. The van der Waals surface area contributed by atoms with Crippen molar-refractivity contribution >= 4 is 23.4 Å². The van der Waals surface area contributed by atoms with Crippen LogP contribution in [0.4, 0.5) is 0 Å². The molecule has 1 aromatic carbocycles. The lowest BCUT2D eigenvalue weighted by molar-refractivity contribution is -0.144. The van der Waals surface area contributed by atoms with Crippen molar-refractivity contribution in [2.24, 2.45) is 11.8 Å². The lowest BCUT2D eigenvalue weighted by Crippen LogP contribution is -2.48. The fourth-order valence-corrected chi connectivity index (χ4v) is 5.04. The van der Waals surface area contributed by atoms with Gasteiger partial charge < -0.3 is 14.4 Å². The molecule has 1 aliphatic carbocycles. The third-order valence-electron chi connectivity index (χ3n) is 7.00. The van der Waals surface area contributed by atoms with E-state index in [-0.39, 0.29) is 30.3 Å². The van der Waals surface area contributed by atoms with Crippen LogP contribution in [0.2, 0.25) is 5.02 Å². The quantitative estimate of drug-likeness (QED) is 0.360. The molecule has 1 aromatic heterocycles. The zero-order chi connectivity index (χ0) is 25.4. The average Bonchev–Trinajstić information content (AvgIpc) is 3.28. The van der Waals surface area contributed by atoms with Gasteiger partial charge in [0.15, 0.2) is 0 Å². The summed E-state index contributed by atoms with van der Waals surface area (Å²) in [5.74, 6) is 0.478. The van der Waals surface area contributed by atoms with E-state index in [9.17, 15) is 9.59 Å². The van der Waals surface area contributed by atoms with Crippen molar-refractivity contribution in [3.05, 3.63) is 58.9 Å². The van der Waals surface area contributed by atoms with Gasteiger partial charge in [0.25, 0.3) is 0 Å². The molecule has 1 fully saturated rings. The molecule has 0 radical (unpaired) electrons. The van der Waals surface area contributed by atoms with Crippen molar-refractivity contribution in [3.63, 3.8) is 0 Å². The first-order chi connectivity index (χ1) is 16.8. The summed E-state index contributed by atoms with van der Waals surface area (Å²) >= 11 is 6.42. The minimum Gasteiger partial charge on any atom is -0.345 e. The lowest BCUT2D eigenvalue weighted by atomic mass is 9.94. The number of amides is 2. The first-order valence-corrected chi connectivity index (χ1v) is 13.6. The van der Waals surface area contributed by atoms with Crippen molar-refractivity contribution in [2.45, 2.75) is 85.4 Å². The standard InChI is InChI=1S/C29H42ClN3O2/c1-22(2)16-18-32(29(35)23(3)4)21-28(34)33(25-12-6-5-7-13-25)20-26-14-10-17-31(26)19-24-11-8-9-15-27(24)30/h8-11,14-15,17,22-23,25H,5-7,12-13,16,18-21H2,1-4H3. The minimum absolute atomic E-state index is 0.0557. The number of rotatable bonds is 11. The summed E-state index contributed by atoms with van der Waals surface area (Å²) < 4.78 is 2.18. The summed E-state index contributed by atoms with van der Waals surface area (Å²) in [5, 5.41) is 0.750. The first-order valence-electron chi connectivity index (χ1n) is 13.2. The van der Waals surface area contributed by atoms with E-state index in [1.54, 1.807) is 4.90 Å². The van der Waals surface area contributed by atoms with E-state index < -0.39 is 0 Å². The van der Waals surface area contributed by atoms with E-state index in [2.05, 4.69) is 30.7 Å². The molecule has 3 rings (SSSR count). The summed E-state index contributed by atoms with van der Waals surface area (Å²) in [6.45, 7) is 10.1. The number of benzene rings is 1. The molecule has 0 atom stereocenters. The SMILES string of the molecule is CC(C)CCN(CC(=O)N(Cc1cccn1Cc1ccccc1Cl)C1CCCCC1)C(=O)C(C)C. The van der Waals surface area contributed by atoms with Crippen LogP contribution < -0.4 is 0 Å². The highest BCUT2D eigenvalue weighted by molar-refractivity contribution is 6.31. The average molecular weight is 500 g/mol. The molecule has 0 saturated heterocycles. The zero-order valence-electron chi connectivity index (χ0n) is 21.9. The monoisotopic (exact) mass is 499 g/mol. The maximum Gasteiger partial charge on any atom is 0.242 e. The first kappa shape index (κ1) is 27.3. The molecule has 0 spiro atoms. The summed E-state index contributed by atoms with van der Waals surface area (Å²) in [5.41, 5.74) is 2.15. The predicted octanol–water partition coefficient (Wildman–Crippen LogP) is 6.38. The van der Waals surface area contributed by atoms with Crippen LogP contribution in [-0.2, 0) is 22.7 Å². The fourth-order valence-electron chi connectivity index (χ4n) is 4.85. The second-order valence-corrected chi connectivity index (χ2v) is 11.0. The molecular formula is C29H42ClN3O2. The smallest absolute Gasteiger partial charge is 0.242 e. The molecular weight excluding hydrogens is 458 g/mol. The second kappa shape index (κ2) is 13.2. The third-order valence-corrected chi connectivity index (χ3v) is 7.37. The van der Waals surface area contributed by atoms with Gasteiger partial charge in [-0.1, -0.05) is 76.8 Å². The van der Waals surface area contributed by atoms with Crippen LogP contribution in [0.15, 0.2) is 42.6 Å². The molecule has 5 nitrogen and oxygen atoms in total. The molecule has 1 heterocycles. The van der Waals surface area contributed by atoms with Crippen LogP contribution in [-0.4, -0.2) is 45.3 Å². The van der Waals surface area contributed by atoms with Crippen molar-refractivity contribution in [1.29, 1.82) is 0 Å². The number of carbonyl (C=O) groups is 2. The molecule has 1 saturated carbocycles. The van der Waals surface area contributed by atoms with Gasteiger partial charge in [0.2, 0.25) is 11.8 Å². The molecule has 2 aromatic rings. The van der Waals surface area contributed by atoms with Crippen LogP contribution in [0.3, 0.4) is 0 Å². The van der Waals surface area contributed by atoms with Crippen LogP contribution in [0.1, 0.15) is 77.5 Å². The van der Waals surface area contributed by atoms with E-state index in [4.69, 9.17) is 11.6 Å². The van der Waals surface area contributed by atoms with E-state index in [1.165, 1.54) is 6.42 Å². The highest BCUT2D eigenvalue weighted by Gasteiger charge is 2.29. The van der Waals surface area contributed by atoms with Crippen LogP contribution >= 0.6 is 11.6 Å². The molecule has 1 aliphatic rings. The maximum atomic E-state index is 13.8. The normalized spacial score (nSPS) is 14.5. The Labute approximate surface area is 216 Å². The number of halogens is 1. The highest BCUT2D eigenvalue weighted by Crippen LogP contribution is 2.26. The zero-order valence-corrected chi connectivity index (χ0v) is 22.6. The van der Waals surface area contributed by atoms with Crippen LogP contribution in [0, 0.1) is 11.8 Å². The van der Waals surface area contributed by atoms with Crippen molar-refractivity contribution < 1.29 is 9.59 Å². The van der Waals surface area contributed by atoms with Gasteiger partial charge >= 0.3 is 0 Å². The number of nitrogens with zero attached hydrogens (tertiary/aromatic N) is 3. The summed E-state index contributed by atoms with van der Waals surface area (Å²) in [7, 11) is 0. The van der Waals surface area contributed by atoms with Gasteiger partial charge in [-0.2, -0.15) is 0 Å². The molecule has 0 unspecified atom stereocenters. The van der Waals surface area contributed by atoms with Gasteiger partial charge in [0, 0.05) is 42.0 Å². The Hall–Kier alpha value is -2.27. The van der Waals surface area contributed by atoms with E-state index in [0.29, 0.717) is 25.6 Å². The highest BCUT2D eigenvalue weighted by atomic mass is 35.5. The molecule has 6 heteroatoms. The number of hydrogen-bond acceptors (Lipinski definition) is 2. The number of carbonyl (C=O) groups excluding carboxylic acids is 2. The van der Waals surface area contributed by atoms with Crippen molar-refractivity contribution in [3.8, 4) is 0 Å². The molecule has 0 bridgehead atoms. The van der Waals surface area contributed by atoms with Crippen molar-refractivity contribution in [2.75, 3.05) is 13.1 Å². The third kappa shape index (κ3) is 7.86. The lowest BCUT2D eigenvalue weighted by Gasteiger charge is -2.36. The Morgan fingerprint density at radius 3 is 2.40 bits per heavy atom. The number of aromatic nitrogens is 1. The van der Waals surface area contributed by atoms with Gasteiger partial charge in [-0.3, -0.25) is 9.59 Å². The van der Waals surface area contributed by atoms with Gasteiger partial charge in [0.1, 0.15) is 0 Å². The summed E-state index contributed by atoms with van der Waals surface area (Å²) in [6, 6.07) is 12.2. The number of hydrogen-bond donors (Lipinski definition) is 0. The Kier molecular flexibility index (Phi) is 10.3. The van der Waals surface area contributed by atoms with E-state index in [0.717, 1.165) is 48.4 Å². The molecule has 192 valence electrons. The summed E-state index contributed by atoms with van der Waals surface area (Å²) in [6.07, 6.45) is 8.54. The molecule has 0 N–H and O–H groups in total. The van der Waals surface area contributed by atoms with Crippen molar-refractivity contribution in [1.82, 2.24) is 14.4 Å². The molecule has 0 aliphatic heterocycles. The Morgan fingerprint density at radius 2 is 1.74 bits per heavy atom. The fraction of sp³-hybridized carbons (Fsp3) is 0.586. The second-order valence-electron chi connectivity index (χ2n) is 10.6. The molecule has 2 amide bonds. The maximum absolute atomic E-state index is 13.8. The van der Waals surface area contributed by atoms with Gasteiger partial charge in [0.05, 0.1) is 13.1 Å². The van der Waals surface area contributed by atoms with Crippen LogP contribution in [0.25, 0.3) is 0 Å². The van der Waals surface area contributed by atoms with Gasteiger partial charge in [-0.05, 0) is 48.9 Å². The minimum atomic E-state index is -0.119. The Balaban J connectivity index is 1.80. The molecule has 35 heavy (non-hydrogen) atoms. The van der Waals surface area contributed by atoms with Gasteiger partial charge in [-0.15, -0.1) is 0 Å². The van der Waals surface area contributed by atoms with Crippen LogP contribution in [0.5, 0.6) is 0 Å². The van der Waals surface area contributed by atoms with E-state index >= 15 is 0 Å². The summed E-state index contributed by atoms with van der Waals surface area (Å²) in [4.78, 5) is 30.5.